The number of carboxylic acids is 1. The molecule has 1 aromatic heterocycles. The normalized spacial score (nSPS) is 10.9. The molecule has 17 heavy (non-hydrogen) atoms. The summed E-state index contributed by atoms with van der Waals surface area (Å²) in [6.45, 7) is 0.285. The highest BCUT2D eigenvalue weighted by atomic mass is 35.5. The van der Waals surface area contributed by atoms with Gasteiger partial charge in [0.1, 0.15) is 17.9 Å². The molecule has 0 aliphatic carbocycles. The van der Waals surface area contributed by atoms with E-state index in [-0.39, 0.29) is 22.9 Å². The molecule has 0 spiro atoms. The van der Waals surface area contributed by atoms with Crippen LogP contribution in [-0.4, -0.2) is 28.2 Å². The summed E-state index contributed by atoms with van der Waals surface area (Å²) in [5, 5.41) is 9.10. The third-order valence-electron chi connectivity index (χ3n) is 2.32. The van der Waals surface area contributed by atoms with Crippen molar-refractivity contribution in [2.24, 2.45) is 0 Å². The van der Waals surface area contributed by atoms with Crippen molar-refractivity contribution in [3.05, 3.63) is 22.5 Å². The Morgan fingerprint density at radius 2 is 2.41 bits per heavy atom. The second kappa shape index (κ2) is 4.23. The predicted octanol–water partition coefficient (Wildman–Crippen LogP) is 1.64. The van der Waals surface area contributed by atoms with Crippen LogP contribution in [0.25, 0.3) is 11.0 Å². The fourth-order valence-electron chi connectivity index (χ4n) is 1.56. The first-order chi connectivity index (χ1) is 8.04. The lowest BCUT2D eigenvalue weighted by Crippen LogP contribution is -2.03. The minimum absolute atomic E-state index is 0.0159. The molecule has 2 aromatic rings. The highest BCUT2D eigenvalue weighted by molar-refractivity contribution is 6.38. The number of fused-ring (bicyclic) bond motifs is 1. The maximum Gasteiger partial charge on any atom is 0.337 e. The van der Waals surface area contributed by atoms with Crippen molar-refractivity contribution in [1.29, 1.82) is 0 Å². The molecule has 0 aliphatic rings. The van der Waals surface area contributed by atoms with E-state index in [1.165, 1.54) is 13.2 Å². The summed E-state index contributed by atoms with van der Waals surface area (Å²) in [7, 11) is 1.53. The number of ether oxygens (including phenoxy) is 1. The monoisotopic (exact) mass is 255 g/mol. The van der Waals surface area contributed by atoms with Gasteiger partial charge in [0.25, 0.3) is 0 Å². The van der Waals surface area contributed by atoms with Gasteiger partial charge in [-0.2, -0.15) is 0 Å². The number of nitrogen functional groups attached to an aromatic ring is 1. The van der Waals surface area contributed by atoms with Crippen LogP contribution in [0.3, 0.4) is 0 Å². The van der Waals surface area contributed by atoms with Crippen LogP contribution in [0.15, 0.2) is 6.07 Å². The lowest BCUT2D eigenvalue weighted by Gasteiger charge is -2.03. The number of carbonyl (C=O) groups is 1. The first-order valence-corrected chi connectivity index (χ1v) is 5.11. The van der Waals surface area contributed by atoms with Crippen LogP contribution in [0.4, 0.5) is 5.69 Å². The number of aromatic carboxylic acids is 1. The summed E-state index contributed by atoms with van der Waals surface area (Å²) in [5.41, 5.74) is 6.57. The number of aromatic nitrogens is 2. The Balaban J connectivity index is 2.68. The Labute approximate surface area is 101 Å². The maximum absolute atomic E-state index is 11.0. The number of benzene rings is 1. The van der Waals surface area contributed by atoms with Gasteiger partial charge in [-0.25, -0.2) is 9.78 Å². The summed E-state index contributed by atoms with van der Waals surface area (Å²) in [4.78, 5) is 18.1. The Bertz CT molecular complexity index is 594. The van der Waals surface area contributed by atoms with Crippen LogP contribution in [0, 0.1) is 0 Å². The molecule has 90 valence electrons. The van der Waals surface area contributed by atoms with Crippen LogP contribution >= 0.6 is 11.6 Å². The lowest BCUT2D eigenvalue weighted by molar-refractivity contribution is 0.0698. The van der Waals surface area contributed by atoms with Crippen molar-refractivity contribution < 1.29 is 14.6 Å². The summed E-state index contributed by atoms with van der Waals surface area (Å²) in [6, 6.07) is 1.41. The number of imidazole rings is 1. The summed E-state index contributed by atoms with van der Waals surface area (Å²) in [5.74, 6) is -0.569. The number of methoxy groups -OCH3 is 1. The van der Waals surface area contributed by atoms with Gasteiger partial charge in [-0.15, -0.1) is 0 Å². The van der Waals surface area contributed by atoms with Gasteiger partial charge >= 0.3 is 5.97 Å². The number of nitrogens with two attached hydrogens (primary N) is 1. The van der Waals surface area contributed by atoms with E-state index in [0.29, 0.717) is 16.9 Å². The molecule has 0 fully saturated rings. The number of rotatable bonds is 3. The molecule has 0 radical (unpaired) electrons. The highest BCUT2D eigenvalue weighted by Gasteiger charge is 2.17. The zero-order valence-corrected chi connectivity index (χ0v) is 9.71. The van der Waals surface area contributed by atoms with Gasteiger partial charge in [0.05, 0.1) is 21.8 Å². The van der Waals surface area contributed by atoms with Crippen molar-refractivity contribution in [2.75, 3.05) is 12.8 Å². The number of hydrogen-bond donors (Lipinski definition) is 3. The molecule has 2 rings (SSSR count). The topological polar surface area (TPSA) is 101 Å². The largest absolute Gasteiger partial charge is 0.478 e. The molecule has 7 heteroatoms. The molecule has 0 saturated carbocycles. The van der Waals surface area contributed by atoms with E-state index in [0.717, 1.165) is 0 Å². The third-order valence-corrected chi connectivity index (χ3v) is 2.70. The third kappa shape index (κ3) is 1.92. The smallest absolute Gasteiger partial charge is 0.337 e. The number of halogens is 1. The molecule has 0 bridgehead atoms. The number of carboxylic acid groups (broad SMARTS) is 1. The SMILES string of the molecule is COCc1nc2c(Cl)c(N)c(C(=O)O)cc2[nH]1. The summed E-state index contributed by atoms with van der Waals surface area (Å²) >= 11 is 5.98. The van der Waals surface area contributed by atoms with Gasteiger partial charge in [0.15, 0.2) is 0 Å². The zero-order chi connectivity index (χ0) is 12.6. The van der Waals surface area contributed by atoms with E-state index in [9.17, 15) is 4.79 Å². The van der Waals surface area contributed by atoms with Crippen LogP contribution in [0.5, 0.6) is 0 Å². The molecule has 4 N–H and O–H groups in total. The van der Waals surface area contributed by atoms with Gasteiger partial charge in [0, 0.05) is 7.11 Å². The number of hydrogen-bond acceptors (Lipinski definition) is 4. The molecule has 0 unspecified atom stereocenters. The standard InChI is InChI=1S/C10H10ClN3O3/c1-17-3-6-13-5-2-4(10(15)16)8(12)7(11)9(5)14-6/h2H,3,12H2,1H3,(H,13,14)(H,15,16). The van der Waals surface area contributed by atoms with Crippen molar-refractivity contribution in [3.8, 4) is 0 Å². The van der Waals surface area contributed by atoms with E-state index in [1.807, 2.05) is 0 Å². The maximum atomic E-state index is 11.0. The van der Waals surface area contributed by atoms with E-state index in [4.69, 9.17) is 27.2 Å². The first kappa shape index (κ1) is 11.7. The quantitative estimate of drug-likeness (QED) is 0.724. The van der Waals surface area contributed by atoms with Gasteiger partial charge in [0.2, 0.25) is 0 Å². The van der Waals surface area contributed by atoms with E-state index < -0.39 is 5.97 Å². The van der Waals surface area contributed by atoms with E-state index >= 15 is 0 Å². The molecule has 0 atom stereocenters. The van der Waals surface area contributed by atoms with Gasteiger partial charge in [-0.3, -0.25) is 0 Å². The minimum atomic E-state index is -1.13. The van der Waals surface area contributed by atoms with Gasteiger partial charge in [-0.1, -0.05) is 11.6 Å². The molecule has 0 amide bonds. The highest BCUT2D eigenvalue weighted by Crippen LogP contribution is 2.31. The molecule has 0 saturated heterocycles. The van der Waals surface area contributed by atoms with Gasteiger partial charge in [-0.05, 0) is 6.07 Å². The Hall–Kier alpha value is -1.79. The summed E-state index contributed by atoms with van der Waals surface area (Å²) in [6.07, 6.45) is 0. The van der Waals surface area contributed by atoms with Crippen molar-refractivity contribution in [3.63, 3.8) is 0 Å². The average Bonchev–Trinajstić information content (AvgIpc) is 2.66. The first-order valence-electron chi connectivity index (χ1n) is 4.73. The second-order valence-corrected chi connectivity index (χ2v) is 3.85. The molecule has 1 heterocycles. The fourth-order valence-corrected chi connectivity index (χ4v) is 1.81. The molecular formula is C10H10ClN3O3. The predicted molar refractivity (Wildman–Crippen MR) is 63.2 cm³/mol. The number of anilines is 1. The van der Waals surface area contributed by atoms with E-state index in [2.05, 4.69) is 9.97 Å². The van der Waals surface area contributed by atoms with Crippen molar-refractivity contribution in [2.45, 2.75) is 6.61 Å². The number of nitrogens with one attached hydrogen (secondary N) is 1. The van der Waals surface area contributed by atoms with Crippen molar-refractivity contribution in [1.82, 2.24) is 9.97 Å². The molecule has 1 aromatic carbocycles. The molecule has 0 aliphatic heterocycles. The average molecular weight is 256 g/mol. The van der Waals surface area contributed by atoms with Crippen LogP contribution in [0.1, 0.15) is 16.2 Å². The van der Waals surface area contributed by atoms with Crippen LogP contribution in [-0.2, 0) is 11.3 Å². The Morgan fingerprint density at radius 1 is 1.71 bits per heavy atom. The summed E-state index contributed by atoms with van der Waals surface area (Å²) < 4.78 is 4.92. The molecule has 6 nitrogen and oxygen atoms in total. The molecular weight excluding hydrogens is 246 g/mol. The fraction of sp³-hybridized carbons (Fsp3) is 0.200. The number of aromatic amines is 1. The van der Waals surface area contributed by atoms with Crippen LogP contribution < -0.4 is 5.73 Å². The van der Waals surface area contributed by atoms with Crippen molar-refractivity contribution >= 4 is 34.3 Å². The minimum Gasteiger partial charge on any atom is -0.478 e. The number of H-pyrrole nitrogens is 1. The lowest BCUT2D eigenvalue weighted by atomic mass is 10.1. The van der Waals surface area contributed by atoms with E-state index in [1.54, 1.807) is 0 Å². The Kier molecular flexibility index (Phi) is 2.91. The number of nitrogens with zero attached hydrogens (tertiary/aromatic N) is 1. The van der Waals surface area contributed by atoms with Crippen LogP contribution in [0.2, 0.25) is 5.02 Å². The van der Waals surface area contributed by atoms with Gasteiger partial charge < -0.3 is 20.6 Å². The zero-order valence-electron chi connectivity index (χ0n) is 8.95. The Morgan fingerprint density at radius 3 is 3.00 bits per heavy atom. The second-order valence-electron chi connectivity index (χ2n) is 3.47.